The molecule has 1 amide bonds. The van der Waals surface area contributed by atoms with E-state index in [4.69, 9.17) is 4.84 Å². The molecule has 1 aliphatic rings. The van der Waals surface area contributed by atoms with E-state index >= 15 is 0 Å². The lowest BCUT2D eigenvalue weighted by Gasteiger charge is -2.15. The van der Waals surface area contributed by atoms with Crippen molar-refractivity contribution >= 4 is 11.6 Å². The van der Waals surface area contributed by atoms with Gasteiger partial charge in [-0.05, 0) is 25.5 Å². The fourth-order valence-electron chi connectivity index (χ4n) is 1.73. The summed E-state index contributed by atoms with van der Waals surface area (Å²) < 4.78 is 0. The topological polar surface area (TPSA) is 29.5 Å². The summed E-state index contributed by atoms with van der Waals surface area (Å²) >= 11 is 0. The fraction of sp³-hybridized carbons (Fsp3) is 0.364. The fourth-order valence-corrected chi connectivity index (χ4v) is 1.73. The van der Waals surface area contributed by atoms with Gasteiger partial charge in [-0.2, -0.15) is 5.06 Å². The number of anilines is 1. The van der Waals surface area contributed by atoms with E-state index in [0.717, 1.165) is 11.3 Å². The first-order chi connectivity index (χ1) is 6.75. The number of hydroxylamine groups is 1. The minimum Gasteiger partial charge on any atom is -0.271 e. The first kappa shape index (κ1) is 9.21. The highest BCUT2D eigenvalue weighted by molar-refractivity contribution is 6.02. The molecule has 0 bridgehead atoms. The van der Waals surface area contributed by atoms with Crippen molar-refractivity contribution in [2.75, 3.05) is 11.7 Å². The molecular formula is C11H13NO2. The van der Waals surface area contributed by atoms with E-state index < -0.39 is 0 Å². The van der Waals surface area contributed by atoms with Crippen molar-refractivity contribution in [3.05, 3.63) is 29.8 Å². The van der Waals surface area contributed by atoms with Gasteiger partial charge in [0.25, 0.3) is 5.91 Å². The summed E-state index contributed by atoms with van der Waals surface area (Å²) in [4.78, 5) is 17.0. The monoisotopic (exact) mass is 191 g/mol. The Bertz CT molecular complexity index is 362. The van der Waals surface area contributed by atoms with Gasteiger partial charge in [-0.3, -0.25) is 9.63 Å². The minimum absolute atomic E-state index is 0.0213. The van der Waals surface area contributed by atoms with E-state index in [0.29, 0.717) is 6.61 Å². The molecule has 1 aromatic carbocycles. The maximum atomic E-state index is 11.8. The Morgan fingerprint density at radius 3 is 2.86 bits per heavy atom. The Morgan fingerprint density at radius 2 is 2.14 bits per heavy atom. The normalized spacial score (nSPS) is 20.0. The van der Waals surface area contributed by atoms with Crippen LogP contribution in [0.4, 0.5) is 5.69 Å². The van der Waals surface area contributed by atoms with Crippen LogP contribution in [-0.4, -0.2) is 12.5 Å². The molecule has 0 aromatic heterocycles. The summed E-state index contributed by atoms with van der Waals surface area (Å²) in [7, 11) is 0. The van der Waals surface area contributed by atoms with Crippen LogP contribution in [-0.2, 0) is 9.63 Å². The summed E-state index contributed by atoms with van der Waals surface area (Å²) in [5.41, 5.74) is 1.93. The van der Waals surface area contributed by atoms with Gasteiger partial charge in [0.2, 0.25) is 0 Å². The Hall–Kier alpha value is -1.35. The number of carbonyl (C=O) groups is 1. The van der Waals surface area contributed by atoms with Gasteiger partial charge < -0.3 is 0 Å². The lowest BCUT2D eigenvalue weighted by Crippen LogP contribution is -2.28. The van der Waals surface area contributed by atoms with E-state index in [1.54, 1.807) is 0 Å². The van der Waals surface area contributed by atoms with Crippen LogP contribution in [0.5, 0.6) is 0 Å². The third kappa shape index (κ3) is 1.21. The number of hydrogen-bond donors (Lipinski definition) is 0. The number of nitrogens with zero attached hydrogens (tertiary/aromatic N) is 1. The minimum atomic E-state index is -0.0854. The van der Waals surface area contributed by atoms with Crippen LogP contribution in [0.2, 0.25) is 0 Å². The van der Waals surface area contributed by atoms with E-state index in [1.165, 1.54) is 5.06 Å². The average Bonchev–Trinajstić information content (AvgIpc) is 2.45. The van der Waals surface area contributed by atoms with Crippen LogP contribution >= 0.6 is 0 Å². The average molecular weight is 191 g/mol. The van der Waals surface area contributed by atoms with Gasteiger partial charge in [0.1, 0.15) is 0 Å². The van der Waals surface area contributed by atoms with Crippen LogP contribution in [0.25, 0.3) is 0 Å². The SMILES string of the molecule is CCON1C(=O)[C@@H](C)c2ccccc21. The molecule has 3 heteroatoms. The molecule has 1 aromatic rings. The van der Waals surface area contributed by atoms with Crippen molar-refractivity contribution in [1.29, 1.82) is 0 Å². The Morgan fingerprint density at radius 1 is 1.43 bits per heavy atom. The Balaban J connectivity index is 2.42. The maximum Gasteiger partial charge on any atom is 0.258 e. The molecule has 1 atom stereocenters. The molecule has 0 saturated carbocycles. The molecule has 0 N–H and O–H groups in total. The van der Waals surface area contributed by atoms with Gasteiger partial charge in [0, 0.05) is 0 Å². The van der Waals surface area contributed by atoms with Crippen molar-refractivity contribution in [3.8, 4) is 0 Å². The van der Waals surface area contributed by atoms with Crippen LogP contribution < -0.4 is 5.06 Å². The summed E-state index contributed by atoms with van der Waals surface area (Å²) in [6.45, 7) is 4.28. The van der Waals surface area contributed by atoms with Crippen LogP contribution in [0.1, 0.15) is 25.3 Å². The second-order valence-electron chi connectivity index (χ2n) is 3.33. The van der Waals surface area contributed by atoms with Gasteiger partial charge in [0.15, 0.2) is 0 Å². The highest BCUT2D eigenvalue weighted by atomic mass is 16.7. The number of rotatable bonds is 2. The van der Waals surface area contributed by atoms with Gasteiger partial charge in [-0.1, -0.05) is 18.2 Å². The number of para-hydroxylation sites is 1. The molecular weight excluding hydrogens is 178 g/mol. The van der Waals surface area contributed by atoms with Crippen LogP contribution in [0.3, 0.4) is 0 Å². The molecule has 0 spiro atoms. The van der Waals surface area contributed by atoms with Crippen molar-refractivity contribution < 1.29 is 9.63 Å². The largest absolute Gasteiger partial charge is 0.271 e. The summed E-state index contributed by atoms with van der Waals surface area (Å²) in [5, 5.41) is 1.40. The molecule has 2 rings (SSSR count). The third-order valence-electron chi connectivity index (χ3n) is 2.45. The van der Waals surface area contributed by atoms with E-state index in [-0.39, 0.29) is 11.8 Å². The second kappa shape index (κ2) is 3.42. The predicted molar refractivity (Wildman–Crippen MR) is 54.0 cm³/mol. The van der Waals surface area contributed by atoms with Gasteiger partial charge in [-0.25, -0.2) is 0 Å². The molecule has 1 heterocycles. The number of fused-ring (bicyclic) bond motifs is 1. The van der Waals surface area contributed by atoms with Crippen molar-refractivity contribution in [3.63, 3.8) is 0 Å². The standard InChI is InChI=1S/C11H13NO2/c1-3-14-12-10-7-5-4-6-9(10)8(2)11(12)13/h4-8H,3H2,1-2H3/t8-/m0/s1. The Labute approximate surface area is 83.2 Å². The molecule has 1 aliphatic heterocycles. The molecule has 3 nitrogen and oxygen atoms in total. The first-order valence-corrected chi connectivity index (χ1v) is 4.81. The number of hydrogen-bond acceptors (Lipinski definition) is 2. The van der Waals surface area contributed by atoms with Gasteiger partial charge >= 0.3 is 0 Å². The zero-order chi connectivity index (χ0) is 10.1. The lowest BCUT2D eigenvalue weighted by molar-refractivity contribution is -0.125. The molecule has 0 saturated heterocycles. The first-order valence-electron chi connectivity index (χ1n) is 4.81. The highest BCUT2D eigenvalue weighted by Crippen LogP contribution is 2.36. The van der Waals surface area contributed by atoms with E-state index in [2.05, 4.69) is 0 Å². The molecule has 0 unspecified atom stereocenters. The van der Waals surface area contributed by atoms with Crippen LogP contribution in [0, 0.1) is 0 Å². The number of carbonyl (C=O) groups excluding carboxylic acids is 1. The smallest absolute Gasteiger partial charge is 0.258 e. The predicted octanol–water partition coefficient (Wildman–Crippen LogP) is 2.09. The quantitative estimate of drug-likeness (QED) is 0.716. The third-order valence-corrected chi connectivity index (χ3v) is 2.45. The molecule has 0 radical (unpaired) electrons. The zero-order valence-electron chi connectivity index (χ0n) is 8.36. The summed E-state index contributed by atoms with van der Waals surface area (Å²) in [5.74, 6) is -0.0641. The van der Waals surface area contributed by atoms with E-state index in [1.807, 2.05) is 38.1 Å². The summed E-state index contributed by atoms with van der Waals surface area (Å²) in [6.07, 6.45) is 0. The van der Waals surface area contributed by atoms with E-state index in [9.17, 15) is 4.79 Å². The number of amides is 1. The molecule has 0 fully saturated rings. The van der Waals surface area contributed by atoms with Gasteiger partial charge in [-0.15, -0.1) is 0 Å². The summed E-state index contributed by atoms with van der Waals surface area (Å²) in [6, 6.07) is 7.73. The molecule has 74 valence electrons. The zero-order valence-corrected chi connectivity index (χ0v) is 8.36. The van der Waals surface area contributed by atoms with Crippen molar-refractivity contribution in [1.82, 2.24) is 0 Å². The molecule has 14 heavy (non-hydrogen) atoms. The molecule has 0 aliphatic carbocycles. The van der Waals surface area contributed by atoms with Crippen LogP contribution in [0.15, 0.2) is 24.3 Å². The van der Waals surface area contributed by atoms with Crippen molar-refractivity contribution in [2.24, 2.45) is 0 Å². The Kier molecular flexibility index (Phi) is 2.25. The maximum absolute atomic E-state index is 11.8. The highest BCUT2D eigenvalue weighted by Gasteiger charge is 2.34. The second-order valence-corrected chi connectivity index (χ2v) is 3.33. The van der Waals surface area contributed by atoms with Gasteiger partial charge in [0.05, 0.1) is 18.2 Å². The number of benzene rings is 1. The lowest BCUT2D eigenvalue weighted by atomic mass is 10.0. The van der Waals surface area contributed by atoms with Crippen molar-refractivity contribution in [2.45, 2.75) is 19.8 Å².